The lowest BCUT2D eigenvalue weighted by Crippen LogP contribution is -2.33. The van der Waals surface area contributed by atoms with Crippen LogP contribution in [0, 0.1) is 29.6 Å². The molecule has 3 rings (SSSR count). The summed E-state index contributed by atoms with van der Waals surface area (Å²) in [6.07, 6.45) is 8.55. The van der Waals surface area contributed by atoms with Crippen molar-refractivity contribution < 1.29 is 9.53 Å². The van der Waals surface area contributed by atoms with E-state index in [0.29, 0.717) is 5.92 Å². The first-order chi connectivity index (χ1) is 7.66. The summed E-state index contributed by atoms with van der Waals surface area (Å²) in [4.78, 5) is 11.6. The Morgan fingerprint density at radius 1 is 1.31 bits per heavy atom. The highest BCUT2D eigenvalue weighted by molar-refractivity contribution is 5.71. The van der Waals surface area contributed by atoms with Gasteiger partial charge in [0.05, 0.1) is 5.92 Å². The summed E-state index contributed by atoms with van der Waals surface area (Å²) in [5, 5.41) is 0. The molecule has 3 aliphatic rings. The zero-order valence-corrected chi connectivity index (χ0v) is 10.1. The number of esters is 1. The van der Waals surface area contributed by atoms with Crippen LogP contribution in [-0.4, -0.2) is 12.1 Å². The zero-order valence-electron chi connectivity index (χ0n) is 10.1. The number of carbonyl (C=O) groups is 1. The Morgan fingerprint density at radius 3 is 2.88 bits per heavy atom. The highest BCUT2D eigenvalue weighted by Crippen LogP contribution is 2.57. The van der Waals surface area contributed by atoms with Gasteiger partial charge in [-0.2, -0.15) is 0 Å². The molecule has 5 atom stereocenters. The lowest BCUT2D eigenvalue weighted by molar-refractivity contribution is -0.156. The Balaban J connectivity index is 1.67. The second-order valence-electron chi connectivity index (χ2n) is 5.93. The molecule has 88 valence electrons. The number of allylic oxidation sites excluding steroid dienone is 2. The van der Waals surface area contributed by atoms with Gasteiger partial charge >= 0.3 is 5.97 Å². The van der Waals surface area contributed by atoms with E-state index in [1.807, 2.05) is 13.8 Å². The Kier molecular flexibility index (Phi) is 2.34. The molecular weight excluding hydrogens is 200 g/mol. The van der Waals surface area contributed by atoms with E-state index in [0.717, 1.165) is 24.2 Å². The smallest absolute Gasteiger partial charge is 0.308 e. The van der Waals surface area contributed by atoms with Crippen molar-refractivity contribution in [2.75, 3.05) is 0 Å². The van der Waals surface area contributed by atoms with Crippen LogP contribution in [-0.2, 0) is 9.53 Å². The van der Waals surface area contributed by atoms with Crippen molar-refractivity contribution in [1.82, 2.24) is 0 Å². The van der Waals surface area contributed by atoms with Gasteiger partial charge in [-0.15, -0.1) is 0 Å². The predicted octanol–water partition coefficient (Wildman–Crippen LogP) is 2.79. The van der Waals surface area contributed by atoms with Crippen molar-refractivity contribution in [3.63, 3.8) is 0 Å². The minimum absolute atomic E-state index is 0.0108. The molecule has 3 aliphatic carbocycles. The van der Waals surface area contributed by atoms with Crippen LogP contribution < -0.4 is 0 Å². The van der Waals surface area contributed by atoms with Gasteiger partial charge in [-0.25, -0.2) is 0 Å². The molecule has 2 heteroatoms. The maximum Gasteiger partial charge on any atom is 0.308 e. The minimum atomic E-state index is -0.0138. The lowest BCUT2D eigenvalue weighted by Gasteiger charge is -2.31. The van der Waals surface area contributed by atoms with Crippen LogP contribution in [0.25, 0.3) is 0 Å². The number of hydrogen-bond donors (Lipinski definition) is 0. The van der Waals surface area contributed by atoms with E-state index < -0.39 is 0 Å². The molecule has 0 radical (unpaired) electrons. The molecule has 0 aromatic rings. The fourth-order valence-electron chi connectivity index (χ4n) is 3.92. The SMILES string of the molecule is CC(C)C(=O)O[C@H]1C[C@@H]2C[C@H]1[C@@H]1CC=C[C@H]21. The van der Waals surface area contributed by atoms with Gasteiger partial charge in [0.1, 0.15) is 6.10 Å². The van der Waals surface area contributed by atoms with Crippen molar-refractivity contribution in [2.24, 2.45) is 29.6 Å². The molecule has 2 bridgehead atoms. The largest absolute Gasteiger partial charge is 0.462 e. The first-order valence-electron chi connectivity index (χ1n) is 6.54. The second-order valence-corrected chi connectivity index (χ2v) is 5.93. The van der Waals surface area contributed by atoms with Gasteiger partial charge in [-0.05, 0) is 42.9 Å². The van der Waals surface area contributed by atoms with Crippen molar-refractivity contribution >= 4 is 5.97 Å². The number of fused-ring (bicyclic) bond motifs is 5. The van der Waals surface area contributed by atoms with Crippen molar-refractivity contribution in [3.8, 4) is 0 Å². The third-order valence-corrected chi connectivity index (χ3v) is 4.68. The first kappa shape index (κ1) is 10.4. The summed E-state index contributed by atoms with van der Waals surface area (Å²) in [5.74, 6) is 3.02. The summed E-state index contributed by atoms with van der Waals surface area (Å²) in [6.45, 7) is 3.82. The molecule has 0 saturated heterocycles. The Hall–Kier alpha value is -0.790. The van der Waals surface area contributed by atoms with Crippen molar-refractivity contribution in [1.29, 1.82) is 0 Å². The maximum atomic E-state index is 11.6. The lowest BCUT2D eigenvalue weighted by atomic mass is 9.80. The number of rotatable bonds is 2. The van der Waals surface area contributed by atoms with Crippen LogP contribution in [0.3, 0.4) is 0 Å². The maximum absolute atomic E-state index is 11.6. The van der Waals surface area contributed by atoms with Gasteiger partial charge in [0, 0.05) is 0 Å². The molecule has 2 saturated carbocycles. The molecule has 0 unspecified atom stereocenters. The molecule has 0 spiro atoms. The minimum Gasteiger partial charge on any atom is -0.462 e. The Morgan fingerprint density at radius 2 is 2.12 bits per heavy atom. The Labute approximate surface area is 97.1 Å². The van der Waals surface area contributed by atoms with Crippen LogP contribution in [0.4, 0.5) is 0 Å². The van der Waals surface area contributed by atoms with E-state index in [4.69, 9.17) is 4.74 Å². The van der Waals surface area contributed by atoms with E-state index in [2.05, 4.69) is 12.2 Å². The van der Waals surface area contributed by atoms with E-state index >= 15 is 0 Å². The Bertz CT molecular complexity index is 332. The fourth-order valence-corrected chi connectivity index (χ4v) is 3.92. The average Bonchev–Trinajstić information content (AvgIpc) is 2.87. The summed E-state index contributed by atoms with van der Waals surface area (Å²) >= 11 is 0. The van der Waals surface area contributed by atoms with Crippen LogP contribution >= 0.6 is 0 Å². The quantitative estimate of drug-likeness (QED) is 0.528. The molecule has 2 fully saturated rings. The second kappa shape index (κ2) is 3.61. The zero-order chi connectivity index (χ0) is 11.3. The highest BCUT2D eigenvalue weighted by Gasteiger charge is 2.53. The van der Waals surface area contributed by atoms with Crippen LogP contribution in [0.5, 0.6) is 0 Å². The molecule has 0 aliphatic heterocycles. The molecule has 16 heavy (non-hydrogen) atoms. The van der Waals surface area contributed by atoms with Crippen LogP contribution in [0.2, 0.25) is 0 Å². The van der Waals surface area contributed by atoms with Crippen molar-refractivity contribution in [2.45, 2.75) is 39.2 Å². The van der Waals surface area contributed by atoms with Crippen molar-refractivity contribution in [3.05, 3.63) is 12.2 Å². The van der Waals surface area contributed by atoms with E-state index in [9.17, 15) is 4.79 Å². The number of hydrogen-bond acceptors (Lipinski definition) is 2. The molecule has 0 N–H and O–H groups in total. The summed E-state index contributed by atoms with van der Waals surface area (Å²) in [6, 6.07) is 0. The highest BCUT2D eigenvalue weighted by atomic mass is 16.5. The standard InChI is InChI=1S/C14H20O2/c1-8(2)14(15)16-13-7-9-6-12(13)11-5-3-4-10(9)11/h3-4,8-13H,5-7H2,1-2H3/t9-,10+,11+,12-,13-/m0/s1. The normalized spacial score (nSPS) is 44.1. The van der Waals surface area contributed by atoms with Gasteiger partial charge < -0.3 is 4.74 Å². The summed E-state index contributed by atoms with van der Waals surface area (Å²) in [5.41, 5.74) is 0. The molecule has 0 amide bonds. The monoisotopic (exact) mass is 220 g/mol. The molecule has 0 aromatic heterocycles. The van der Waals surface area contributed by atoms with Gasteiger partial charge in [0.25, 0.3) is 0 Å². The van der Waals surface area contributed by atoms with Gasteiger partial charge in [0.2, 0.25) is 0 Å². The van der Waals surface area contributed by atoms with Crippen LogP contribution in [0.1, 0.15) is 33.1 Å². The molecule has 2 nitrogen and oxygen atoms in total. The first-order valence-corrected chi connectivity index (χ1v) is 6.54. The van der Waals surface area contributed by atoms with E-state index in [1.165, 1.54) is 12.8 Å². The van der Waals surface area contributed by atoms with Gasteiger partial charge in [0.15, 0.2) is 0 Å². The number of ether oxygens (including phenoxy) is 1. The summed E-state index contributed by atoms with van der Waals surface area (Å²) in [7, 11) is 0. The third-order valence-electron chi connectivity index (χ3n) is 4.68. The van der Waals surface area contributed by atoms with E-state index in [-0.39, 0.29) is 18.0 Å². The van der Waals surface area contributed by atoms with E-state index in [1.54, 1.807) is 0 Å². The molecular formula is C14H20O2. The fraction of sp³-hybridized carbons (Fsp3) is 0.786. The average molecular weight is 220 g/mol. The van der Waals surface area contributed by atoms with Gasteiger partial charge in [-0.1, -0.05) is 26.0 Å². The molecule has 0 aromatic carbocycles. The number of carbonyl (C=O) groups excluding carboxylic acids is 1. The molecule has 0 heterocycles. The topological polar surface area (TPSA) is 26.3 Å². The predicted molar refractivity (Wildman–Crippen MR) is 61.7 cm³/mol. The third kappa shape index (κ3) is 1.42. The van der Waals surface area contributed by atoms with Crippen LogP contribution in [0.15, 0.2) is 12.2 Å². The summed E-state index contributed by atoms with van der Waals surface area (Å²) < 4.78 is 5.65. The van der Waals surface area contributed by atoms with Gasteiger partial charge in [-0.3, -0.25) is 4.79 Å².